The van der Waals surface area contributed by atoms with Crippen molar-refractivity contribution in [2.45, 2.75) is 25.4 Å². The standard InChI is InChI=1S/C15H22ClN3O2/c16-13-4-1-2-5-14(13)19-15(20)18-8-3-11-21-12-6-9-17-10-7-12/h1-2,4-5,12,17H,3,6-11H2,(H2,18,19,20). The van der Waals surface area contributed by atoms with Crippen molar-refractivity contribution in [1.82, 2.24) is 10.6 Å². The summed E-state index contributed by atoms with van der Waals surface area (Å²) in [5.41, 5.74) is 0.614. The van der Waals surface area contributed by atoms with Gasteiger partial charge in [0.15, 0.2) is 0 Å². The molecule has 1 heterocycles. The number of ether oxygens (including phenoxy) is 1. The Balaban J connectivity index is 1.56. The quantitative estimate of drug-likeness (QED) is 0.708. The van der Waals surface area contributed by atoms with Gasteiger partial charge in [-0.15, -0.1) is 0 Å². The van der Waals surface area contributed by atoms with Gasteiger partial charge in [0.2, 0.25) is 0 Å². The van der Waals surface area contributed by atoms with Gasteiger partial charge in [-0.1, -0.05) is 23.7 Å². The lowest BCUT2D eigenvalue weighted by Gasteiger charge is -2.22. The molecule has 2 rings (SSSR count). The average molecular weight is 312 g/mol. The molecule has 1 aliphatic heterocycles. The van der Waals surface area contributed by atoms with Crippen molar-refractivity contribution in [1.29, 1.82) is 0 Å². The smallest absolute Gasteiger partial charge is 0.319 e. The maximum atomic E-state index is 11.7. The number of rotatable bonds is 6. The summed E-state index contributed by atoms with van der Waals surface area (Å²) in [6, 6.07) is 6.91. The van der Waals surface area contributed by atoms with E-state index in [1.807, 2.05) is 12.1 Å². The van der Waals surface area contributed by atoms with Crippen molar-refractivity contribution < 1.29 is 9.53 Å². The molecule has 2 amide bonds. The first-order valence-electron chi connectivity index (χ1n) is 7.37. The van der Waals surface area contributed by atoms with Crippen LogP contribution in [-0.4, -0.2) is 38.4 Å². The van der Waals surface area contributed by atoms with Gasteiger partial charge in [-0.2, -0.15) is 0 Å². The first-order valence-corrected chi connectivity index (χ1v) is 7.75. The zero-order valence-electron chi connectivity index (χ0n) is 12.0. The van der Waals surface area contributed by atoms with Crippen LogP contribution in [0.5, 0.6) is 0 Å². The van der Waals surface area contributed by atoms with E-state index in [1.165, 1.54) is 0 Å². The van der Waals surface area contributed by atoms with E-state index in [-0.39, 0.29) is 6.03 Å². The van der Waals surface area contributed by atoms with E-state index >= 15 is 0 Å². The van der Waals surface area contributed by atoms with Crippen LogP contribution in [0.3, 0.4) is 0 Å². The van der Waals surface area contributed by atoms with Gasteiger partial charge in [0.1, 0.15) is 0 Å². The maximum absolute atomic E-state index is 11.7. The third kappa shape index (κ3) is 5.91. The molecule has 0 aromatic heterocycles. The van der Waals surface area contributed by atoms with E-state index in [0.29, 0.717) is 30.0 Å². The molecule has 1 saturated heterocycles. The summed E-state index contributed by atoms with van der Waals surface area (Å²) in [4.78, 5) is 11.7. The molecule has 5 nitrogen and oxygen atoms in total. The average Bonchev–Trinajstić information content (AvgIpc) is 2.50. The molecule has 0 aliphatic carbocycles. The molecule has 1 aliphatic rings. The number of carbonyl (C=O) groups excluding carboxylic acids is 1. The summed E-state index contributed by atoms with van der Waals surface area (Å²) in [5.74, 6) is 0. The molecule has 0 unspecified atom stereocenters. The van der Waals surface area contributed by atoms with Gasteiger partial charge in [0.25, 0.3) is 0 Å². The molecule has 21 heavy (non-hydrogen) atoms. The summed E-state index contributed by atoms with van der Waals surface area (Å²) >= 11 is 5.97. The normalized spacial score (nSPS) is 15.7. The number of hydrogen-bond donors (Lipinski definition) is 3. The fraction of sp³-hybridized carbons (Fsp3) is 0.533. The van der Waals surface area contributed by atoms with Crippen molar-refractivity contribution in [3.05, 3.63) is 29.3 Å². The van der Waals surface area contributed by atoms with Crippen molar-refractivity contribution in [3.63, 3.8) is 0 Å². The van der Waals surface area contributed by atoms with Gasteiger partial charge < -0.3 is 20.7 Å². The summed E-state index contributed by atoms with van der Waals surface area (Å²) in [5, 5.41) is 9.35. The fourth-order valence-electron chi connectivity index (χ4n) is 2.22. The van der Waals surface area contributed by atoms with Gasteiger partial charge in [-0.05, 0) is 44.5 Å². The number of halogens is 1. The molecule has 0 saturated carbocycles. The van der Waals surface area contributed by atoms with E-state index in [0.717, 1.165) is 32.4 Å². The summed E-state index contributed by atoms with van der Waals surface area (Å²) in [7, 11) is 0. The molecule has 1 aromatic rings. The number of carbonyl (C=O) groups is 1. The van der Waals surface area contributed by atoms with Crippen LogP contribution >= 0.6 is 11.6 Å². The molecule has 0 bridgehead atoms. The lowest BCUT2D eigenvalue weighted by Crippen LogP contribution is -2.33. The highest BCUT2D eigenvalue weighted by atomic mass is 35.5. The molecule has 1 fully saturated rings. The number of benzene rings is 1. The highest BCUT2D eigenvalue weighted by Crippen LogP contribution is 2.19. The molecule has 0 radical (unpaired) electrons. The Kier molecular flexibility index (Phi) is 6.79. The van der Waals surface area contributed by atoms with Crippen molar-refractivity contribution >= 4 is 23.3 Å². The Morgan fingerprint density at radius 2 is 2.10 bits per heavy atom. The summed E-state index contributed by atoms with van der Waals surface area (Å²) in [6.07, 6.45) is 3.31. The molecule has 116 valence electrons. The zero-order chi connectivity index (χ0) is 14.9. The van der Waals surface area contributed by atoms with Gasteiger partial charge in [-0.25, -0.2) is 4.79 Å². The first-order chi connectivity index (χ1) is 10.3. The van der Waals surface area contributed by atoms with Crippen LogP contribution in [-0.2, 0) is 4.74 Å². The second kappa shape index (κ2) is 8.87. The van der Waals surface area contributed by atoms with Crippen LogP contribution in [0.4, 0.5) is 10.5 Å². The minimum absolute atomic E-state index is 0.245. The summed E-state index contributed by atoms with van der Waals surface area (Å²) in [6.45, 7) is 3.32. The number of amides is 2. The van der Waals surface area contributed by atoms with Crippen LogP contribution in [0.1, 0.15) is 19.3 Å². The second-order valence-corrected chi connectivity index (χ2v) is 5.44. The number of hydrogen-bond acceptors (Lipinski definition) is 3. The number of piperidine rings is 1. The SMILES string of the molecule is O=C(NCCCOC1CCNCC1)Nc1ccccc1Cl. The zero-order valence-corrected chi connectivity index (χ0v) is 12.8. The fourth-order valence-corrected chi connectivity index (χ4v) is 2.40. The van der Waals surface area contributed by atoms with Gasteiger partial charge in [0, 0.05) is 13.2 Å². The van der Waals surface area contributed by atoms with Crippen LogP contribution in [0.15, 0.2) is 24.3 Å². The molecule has 1 aromatic carbocycles. The predicted octanol–water partition coefficient (Wildman–Crippen LogP) is 2.62. The van der Waals surface area contributed by atoms with Crippen LogP contribution < -0.4 is 16.0 Å². The topological polar surface area (TPSA) is 62.4 Å². The minimum Gasteiger partial charge on any atom is -0.378 e. The number of para-hydroxylation sites is 1. The Labute approximate surface area is 130 Å². The highest BCUT2D eigenvalue weighted by Gasteiger charge is 2.12. The Hall–Kier alpha value is -1.30. The summed E-state index contributed by atoms with van der Waals surface area (Å²) < 4.78 is 5.77. The lowest BCUT2D eigenvalue weighted by molar-refractivity contribution is 0.0321. The van der Waals surface area contributed by atoms with Crippen molar-refractivity contribution in [3.8, 4) is 0 Å². The Morgan fingerprint density at radius 3 is 2.86 bits per heavy atom. The van der Waals surface area contributed by atoms with E-state index < -0.39 is 0 Å². The molecular weight excluding hydrogens is 290 g/mol. The van der Waals surface area contributed by atoms with E-state index in [1.54, 1.807) is 12.1 Å². The minimum atomic E-state index is -0.245. The molecule has 3 N–H and O–H groups in total. The van der Waals surface area contributed by atoms with E-state index in [4.69, 9.17) is 16.3 Å². The number of nitrogens with one attached hydrogen (secondary N) is 3. The Morgan fingerprint density at radius 1 is 1.33 bits per heavy atom. The monoisotopic (exact) mass is 311 g/mol. The molecular formula is C15H22ClN3O2. The Bertz CT molecular complexity index is 450. The van der Waals surface area contributed by atoms with Crippen molar-refractivity contribution in [2.24, 2.45) is 0 Å². The van der Waals surface area contributed by atoms with Gasteiger partial charge in [-0.3, -0.25) is 0 Å². The van der Waals surface area contributed by atoms with E-state index in [2.05, 4.69) is 16.0 Å². The molecule has 0 atom stereocenters. The third-order valence-corrected chi connectivity index (χ3v) is 3.70. The second-order valence-electron chi connectivity index (χ2n) is 5.03. The third-order valence-electron chi connectivity index (χ3n) is 3.37. The van der Waals surface area contributed by atoms with Crippen LogP contribution in [0, 0.1) is 0 Å². The van der Waals surface area contributed by atoms with E-state index in [9.17, 15) is 4.79 Å². The largest absolute Gasteiger partial charge is 0.378 e. The highest BCUT2D eigenvalue weighted by molar-refractivity contribution is 6.33. The van der Waals surface area contributed by atoms with Crippen LogP contribution in [0.25, 0.3) is 0 Å². The number of urea groups is 1. The lowest BCUT2D eigenvalue weighted by atomic mass is 10.1. The van der Waals surface area contributed by atoms with Gasteiger partial charge >= 0.3 is 6.03 Å². The number of anilines is 1. The molecule has 6 heteroatoms. The maximum Gasteiger partial charge on any atom is 0.319 e. The predicted molar refractivity (Wildman–Crippen MR) is 84.9 cm³/mol. The van der Waals surface area contributed by atoms with Gasteiger partial charge in [0.05, 0.1) is 16.8 Å². The molecule has 0 spiro atoms. The first kappa shape index (κ1) is 16.1. The van der Waals surface area contributed by atoms with Crippen molar-refractivity contribution in [2.75, 3.05) is 31.6 Å². The van der Waals surface area contributed by atoms with Crippen LogP contribution in [0.2, 0.25) is 5.02 Å².